The van der Waals surface area contributed by atoms with E-state index in [-0.39, 0.29) is 18.1 Å². The fourth-order valence-electron chi connectivity index (χ4n) is 2.38. The third-order valence-corrected chi connectivity index (χ3v) is 5.03. The van der Waals surface area contributed by atoms with Crippen LogP contribution in [-0.4, -0.2) is 17.9 Å². The van der Waals surface area contributed by atoms with Crippen LogP contribution in [0.15, 0.2) is 61.9 Å². The highest BCUT2D eigenvalue weighted by molar-refractivity contribution is 9.11. The first-order valence-corrected chi connectivity index (χ1v) is 9.76. The standard InChI is InChI=1S/C19H14Br2N2O6/c1-27-12-3-2-4-13(9-12)28-10-14-5-6-17(29-14)19(24)22-18-15(20)7-11(23(25)26)8-16(18)21/h2-9H,10H2,1H3,(H,22,24). The van der Waals surface area contributed by atoms with E-state index in [1.807, 2.05) is 0 Å². The number of nitro groups is 1. The van der Waals surface area contributed by atoms with Crippen LogP contribution in [0.5, 0.6) is 11.5 Å². The van der Waals surface area contributed by atoms with Gasteiger partial charge in [-0.3, -0.25) is 14.9 Å². The molecular weight excluding hydrogens is 512 g/mol. The fourth-order valence-corrected chi connectivity index (χ4v) is 3.74. The number of carbonyl (C=O) groups is 1. The lowest BCUT2D eigenvalue weighted by molar-refractivity contribution is -0.385. The van der Waals surface area contributed by atoms with Gasteiger partial charge in [-0.15, -0.1) is 0 Å². The van der Waals surface area contributed by atoms with Gasteiger partial charge in [-0.05, 0) is 56.1 Å². The molecule has 2 aromatic carbocycles. The van der Waals surface area contributed by atoms with E-state index in [0.717, 1.165) is 0 Å². The highest BCUT2D eigenvalue weighted by Gasteiger charge is 2.18. The summed E-state index contributed by atoms with van der Waals surface area (Å²) in [6, 6.07) is 12.9. The summed E-state index contributed by atoms with van der Waals surface area (Å²) in [6.45, 7) is 0.130. The summed E-state index contributed by atoms with van der Waals surface area (Å²) in [5.41, 5.74) is 0.239. The third kappa shape index (κ3) is 5.15. The van der Waals surface area contributed by atoms with E-state index in [4.69, 9.17) is 13.9 Å². The van der Waals surface area contributed by atoms with Crippen LogP contribution in [0.4, 0.5) is 11.4 Å². The number of hydrogen-bond donors (Lipinski definition) is 1. The summed E-state index contributed by atoms with van der Waals surface area (Å²) in [5.74, 6) is 1.30. The van der Waals surface area contributed by atoms with E-state index < -0.39 is 10.8 Å². The second-order valence-electron chi connectivity index (χ2n) is 5.73. The highest BCUT2D eigenvalue weighted by Crippen LogP contribution is 2.35. The van der Waals surface area contributed by atoms with Gasteiger partial charge < -0.3 is 19.2 Å². The van der Waals surface area contributed by atoms with Crippen molar-refractivity contribution in [1.82, 2.24) is 0 Å². The smallest absolute Gasteiger partial charge is 0.291 e. The Balaban J connectivity index is 1.67. The predicted octanol–water partition coefficient (Wildman–Crippen LogP) is 5.55. The minimum Gasteiger partial charge on any atom is -0.497 e. The zero-order valence-electron chi connectivity index (χ0n) is 15.0. The van der Waals surface area contributed by atoms with Gasteiger partial charge in [0.2, 0.25) is 0 Å². The average Bonchev–Trinajstić information content (AvgIpc) is 3.18. The monoisotopic (exact) mass is 524 g/mol. The minimum absolute atomic E-state index is 0.0754. The Morgan fingerprint density at radius 3 is 2.48 bits per heavy atom. The van der Waals surface area contributed by atoms with Crippen molar-refractivity contribution in [3.05, 3.63) is 79.1 Å². The molecule has 3 aromatic rings. The van der Waals surface area contributed by atoms with Gasteiger partial charge in [0, 0.05) is 27.1 Å². The normalized spacial score (nSPS) is 10.4. The van der Waals surface area contributed by atoms with Gasteiger partial charge in [-0.25, -0.2) is 0 Å². The minimum atomic E-state index is -0.526. The fraction of sp³-hybridized carbons (Fsp3) is 0.105. The van der Waals surface area contributed by atoms with Crippen molar-refractivity contribution in [3.63, 3.8) is 0 Å². The zero-order chi connectivity index (χ0) is 21.0. The Kier molecular flexibility index (Phi) is 6.55. The molecule has 0 bridgehead atoms. The largest absolute Gasteiger partial charge is 0.497 e. The summed E-state index contributed by atoms with van der Waals surface area (Å²) in [7, 11) is 1.57. The van der Waals surface area contributed by atoms with Crippen LogP contribution < -0.4 is 14.8 Å². The van der Waals surface area contributed by atoms with Crippen LogP contribution in [-0.2, 0) is 6.61 Å². The van der Waals surface area contributed by atoms with Crippen molar-refractivity contribution in [3.8, 4) is 11.5 Å². The molecule has 0 aliphatic heterocycles. The summed E-state index contributed by atoms with van der Waals surface area (Å²) < 4.78 is 17.0. The summed E-state index contributed by atoms with van der Waals surface area (Å²) in [4.78, 5) is 22.9. The van der Waals surface area contributed by atoms with Gasteiger partial charge in [-0.1, -0.05) is 6.07 Å². The molecule has 1 amide bonds. The Hall–Kier alpha value is -2.85. The van der Waals surface area contributed by atoms with Gasteiger partial charge >= 0.3 is 0 Å². The van der Waals surface area contributed by atoms with E-state index in [0.29, 0.717) is 31.9 Å². The second-order valence-corrected chi connectivity index (χ2v) is 7.44. The van der Waals surface area contributed by atoms with Crippen LogP contribution in [0.25, 0.3) is 0 Å². The number of methoxy groups -OCH3 is 1. The molecule has 1 aromatic heterocycles. The molecule has 0 fully saturated rings. The molecule has 8 nitrogen and oxygen atoms in total. The first kappa shape index (κ1) is 20.9. The number of ether oxygens (including phenoxy) is 2. The lowest BCUT2D eigenvalue weighted by Gasteiger charge is -2.08. The van der Waals surface area contributed by atoms with Crippen LogP contribution in [0.1, 0.15) is 16.3 Å². The Bertz CT molecular complexity index is 1040. The van der Waals surface area contributed by atoms with E-state index >= 15 is 0 Å². The van der Waals surface area contributed by atoms with Gasteiger partial charge in [0.05, 0.1) is 17.7 Å². The number of amides is 1. The molecule has 0 aliphatic rings. The van der Waals surface area contributed by atoms with Gasteiger partial charge in [-0.2, -0.15) is 0 Å². The van der Waals surface area contributed by atoms with E-state index in [1.54, 1.807) is 37.4 Å². The van der Waals surface area contributed by atoms with Crippen molar-refractivity contribution in [2.75, 3.05) is 12.4 Å². The molecule has 29 heavy (non-hydrogen) atoms. The van der Waals surface area contributed by atoms with Crippen LogP contribution in [0.2, 0.25) is 0 Å². The quantitative estimate of drug-likeness (QED) is 0.320. The van der Waals surface area contributed by atoms with Gasteiger partial charge in [0.15, 0.2) is 5.76 Å². The molecule has 150 valence electrons. The molecule has 0 unspecified atom stereocenters. The van der Waals surface area contributed by atoms with Crippen LogP contribution in [0.3, 0.4) is 0 Å². The molecule has 0 spiro atoms. The number of hydrogen-bond acceptors (Lipinski definition) is 6. The Morgan fingerprint density at radius 2 is 1.83 bits per heavy atom. The van der Waals surface area contributed by atoms with E-state index in [2.05, 4.69) is 37.2 Å². The molecular formula is C19H14Br2N2O6. The number of anilines is 1. The maximum atomic E-state index is 12.5. The van der Waals surface area contributed by atoms with Crippen LogP contribution in [0, 0.1) is 10.1 Å². The van der Waals surface area contributed by atoms with Gasteiger partial charge in [0.1, 0.15) is 23.9 Å². The average molecular weight is 526 g/mol. The molecule has 0 saturated carbocycles. The summed E-state index contributed by atoms with van der Waals surface area (Å²) in [6.07, 6.45) is 0. The van der Waals surface area contributed by atoms with Crippen molar-refractivity contribution < 1.29 is 23.6 Å². The lowest BCUT2D eigenvalue weighted by atomic mass is 10.2. The number of nitrogens with zero attached hydrogens (tertiary/aromatic N) is 1. The highest BCUT2D eigenvalue weighted by atomic mass is 79.9. The first-order chi connectivity index (χ1) is 13.9. The maximum Gasteiger partial charge on any atom is 0.291 e. The molecule has 0 atom stereocenters. The number of furan rings is 1. The molecule has 0 radical (unpaired) electrons. The molecule has 1 N–H and O–H groups in total. The zero-order valence-corrected chi connectivity index (χ0v) is 18.2. The van der Waals surface area contributed by atoms with E-state index in [9.17, 15) is 14.9 Å². The van der Waals surface area contributed by atoms with Crippen molar-refractivity contribution in [1.29, 1.82) is 0 Å². The third-order valence-electron chi connectivity index (χ3n) is 3.78. The predicted molar refractivity (Wildman–Crippen MR) is 112 cm³/mol. The molecule has 10 heteroatoms. The molecule has 0 aliphatic carbocycles. The number of nitro benzene ring substituents is 1. The SMILES string of the molecule is COc1cccc(OCc2ccc(C(=O)Nc3c(Br)cc([N+](=O)[O-])cc3Br)o2)c1. The summed E-state index contributed by atoms with van der Waals surface area (Å²) >= 11 is 6.45. The summed E-state index contributed by atoms with van der Waals surface area (Å²) in [5, 5.41) is 13.6. The second kappa shape index (κ2) is 9.10. The van der Waals surface area contributed by atoms with Crippen LogP contribution >= 0.6 is 31.9 Å². The molecule has 0 saturated heterocycles. The molecule has 1 heterocycles. The Labute approximate surface area is 182 Å². The number of rotatable bonds is 7. The van der Waals surface area contributed by atoms with Crippen molar-refractivity contribution >= 4 is 49.1 Å². The number of non-ortho nitro benzene ring substituents is 1. The number of halogens is 2. The molecule has 3 rings (SSSR count). The maximum absolute atomic E-state index is 12.5. The Morgan fingerprint density at radius 1 is 1.14 bits per heavy atom. The number of benzene rings is 2. The van der Waals surface area contributed by atoms with E-state index in [1.165, 1.54) is 18.2 Å². The first-order valence-electron chi connectivity index (χ1n) is 8.17. The van der Waals surface area contributed by atoms with Crippen molar-refractivity contribution in [2.45, 2.75) is 6.61 Å². The lowest BCUT2D eigenvalue weighted by Crippen LogP contribution is -2.12. The number of carbonyl (C=O) groups excluding carboxylic acids is 1. The van der Waals surface area contributed by atoms with Gasteiger partial charge in [0.25, 0.3) is 11.6 Å². The topological polar surface area (TPSA) is 104 Å². The number of nitrogens with one attached hydrogen (secondary N) is 1. The van der Waals surface area contributed by atoms with Crippen molar-refractivity contribution in [2.24, 2.45) is 0 Å².